The van der Waals surface area contributed by atoms with Crippen LogP contribution in [0.1, 0.15) is 83.8 Å². The van der Waals surface area contributed by atoms with Crippen LogP contribution in [0.2, 0.25) is 0 Å². The summed E-state index contributed by atoms with van der Waals surface area (Å²) < 4.78 is 50.5. The molecule has 1 saturated heterocycles. The minimum atomic E-state index is -4.87. The van der Waals surface area contributed by atoms with Crippen molar-refractivity contribution >= 4 is 22.8 Å². The third kappa shape index (κ3) is 6.41. The Morgan fingerprint density at radius 2 is 1.74 bits per heavy atom. The molecule has 260 valence electrons. The lowest BCUT2D eigenvalue weighted by atomic mass is 9.85. The molecule has 7 rings (SSSR count). The van der Waals surface area contributed by atoms with Crippen molar-refractivity contribution in [3.05, 3.63) is 101 Å². The number of nitrogens with zero attached hydrogens (tertiary/aromatic N) is 5. The monoisotopic (exact) mass is 683 g/mol. The molecule has 0 unspecified atom stereocenters. The van der Waals surface area contributed by atoms with Crippen LogP contribution in [0.5, 0.6) is 0 Å². The van der Waals surface area contributed by atoms with Gasteiger partial charge in [0.05, 0.1) is 24.0 Å². The Balaban J connectivity index is 1.20. The molecule has 2 fully saturated rings. The lowest BCUT2D eigenvalue weighted by Crippen LogP contribution is -2.38. The second kappa shape index (κ2) is 13.4. The predicted molar refractivity (Wildman–Crippen MR) is 184 cm³/mol. The average molecular weight is 684 g/mol. The molecule has 1 amide bonds. The van der Waals surface area contributed by atoms with Gasteiger partial charge in [-0.1, -0.05) is 49.4 Å². The number of hydrogen-bond donors (Lipinski definition) is 0. The average Bonchev–Trinajstić information content (AvgIpc) is 3.78. The number of fused-ring (bicyclic) bond motifs is 1. The van der Waals surface area contributed by atoms with E-state index in [0.29, 0.717) is 28.7 Å². The highest BCUT2D eigenvalue weighted by molar-refractivity contribution is 5.96. The second-order valence-electron chi connectivity index (χ2n) is 13.3. The van der Waals surface area contributed by atoms with E-state index >= 15 is 0 Å². The second-order valence-corrected chi connectivity index (χ2v) is 13.3. The van der Waals surface area contributed by atoms with E-state index in [1.165, 1.54) is 24.1 Å². The number of aromatic nitrogens is 4. The first-order valence-electron chi connectivity index (χ1n) is 17.4. The van der Waals surface area contributed by atoms with E-state index in [9.17, 15) is 22.8 Å². The number of ether oxygens (including phenoxy) is 1. The van der Waals surface area contributed by atoms with Gasteiger partial charge in [-0.15, -0.1) is 0 Å². The lowest BCUT2D eigenvalue weighted by molar-refractivity contribution is -0.143. The quantitative estimate of drug-likeness (QED) is 0.147. The van der Waals surface area contributed by atoms with Crippen molar-refractivity contribution in [2.75, 3.05) is 19.7 Å². The minimum Gasteiger partial charge on any atom is -0.462 e. The molecule has 8 nitrogen and oxygen atoms in total. The highest BCUT2D eigenvalue weighted by Crippen LogP contribution is 2.38. The number of carbonyl (C=O) groups excluding carboxylic acids is 2. The van der Waals surface area contributed by atoms with Gasteiger partial charge in [0, 0.05) is 42.7 Å². The standard InChI is InChI=1S/C39H40F3N5O3/c1-4-26-20-25(12-15-30(26)27-16-18-45(19-17-27)37(48)28-13-14-28)23-46-22-24(3)29-8-6-9-31(35(29)46)33-10-7-11-34(44-33)47-36(39(40,41)42)32(21-43-47)38(49)50-5-2/h6-12,15,20-22,27-28H,4-5,13-14,16-19,23H2,1-3H3. The molecule has 2 aliphatic rings. The van der Waals surface area contributed by atoms with Gasteiger partial charge in [0.25, 0.3) is 0 Å². The van der Waals surface area contributed by atoms with Gasteiger partial charge in [0.2, 0.25) is 5.91 Å². The van der Waals surface area contributed by atoms with Crippen LogP contribution in [0.4, 0.5) is 13.2 Å². The zero-order valence-electron chi connectivity index (χ0n) is 28.5. The van der Waals surface area contributed by atoms with Crippen molar-refractivity contribution in [3.8, 4) is 17.1 Å². The summed E-state index contributed by atoms with van der Waals surface area (Å²) in [5.74, 6) is -0.132. The summed E-state index contributed by atoms with van der Waals surface area (Å²) in [6, 6.07) is 17.5. The van der Waals surface area contributed by atoms with Crippen LogP contribution in [-0.4, -0.2) is 55.8 Å². The fourth-order valence-corrected chi connectivity index (χ4v) is 7.37. The molecular formula is C39H40F3N5O3. The highest BCUT2D eigenvalue weighted by atomic mass is 19.4. The van der Waals surface area contributed by atoms with Crippen LogP contribution in [0.25, 0.3) is 28.0 Å². The molecule has 0 N–H and O–H groups in total. The van der Waals surface area contributed by atoms with Gasteiger partial charge in [-0.25, -0.2) is 14.5 Å². The van der Waals surface area contributed by atoms with Crippen molar-refractivity contribution in [2.24, 2.45) is 5.92 Å². The summed E-state index contributed by atoms with van der Waals surface area (Å²) in [6.07, 6.45) is 3.04. The number of para-hydroxylation sites is 1. The summed E-state index contributed by atoms with van der Waals surface area (Å²) in [6.45, 7) is 7.93. The van der Waals surface area contributed by atoms with Gasteiger partial charge >= 0.3 is 12.1 Å². The number of rotatable bonds is 9. The number of likely N-dealkylation sites (tertiary alicyclic amines) is 1. The molecule has 4 heterocycles. The zero-order valence-corrected chi connectivity index (χ0v) is 28.5. The number of benzene rings is 2. The normalized spacial score (nSPS) is 15.5. The maximum atomic E-state index is 14.3. The number of pyridine rings is 1. The minimum absolute atomic E-state index is 0.0646. The molecule has 1 aliphatic carbocycles. The van der Waals surface area contributed by atoms with E-state index in [1.54, 1.807) is 12.1 Å². The van der Waals surface area contributed by atoms with Crippen molar-refractivity contribution in [2.45, 2.75) is 71.5 Å². The molecule has 2 aromatic carbocycles. The Morgan fingerprint density at radius 3 is 2.44 bits per heavy atom. The summed E-state index contributed by atoms with van der Waals surface area (Å²) >= 11 is 0. The Morgan fingerprint density at radius 1 is 0.980 bits per heavy atom. The molecule has 3 aromatic heterocycles. The maximum Gasteiger partial charge on any atom is 0.434 e. The number of piperidine rings is 1. The Labute approximate surface area is 288 Å². The number of hydrogen-bond acceptors (Lipinski definition) is 5. The Kier molecular flexibility index (Phi) is 9.00. The molecule has 11 heteroatoms. The highest BCUT2D eigenvalue weighted by Gasteiger charge is 2.41. The lowest BCUT2D eigenvalue weighted by Gasteiger charge is -2.33. The first-order chi connectivity index (χ1) is 24.1. The van der Waals surface area contributed by atoms with Crippen molar-refractivity contribution in [1.82, 2.24) is 24.2 Å². The summed E-state index contributed by atoms with van der Waals surface area (Å²) in [4.78, 5) is 31.7. The third-order valence-corrected chi connectivity index (χ3v) is 9.97. The van der Waals surface area contributed by atoms with Gasteiger partial charge in [-0.2, -0.15) is 18.3 Å². The number of halogens is 3. The molecule has 5 aromatic rings. The molecule has 0 spiro atoms. The van der Waals surface area contributed by atoms with Gasteiger partial charge in [-0.05, 0) is 86.3 Å². The Hall–Kier alpha value is -4.93. The maximum absolute atomic E-state index is 14.3. The summed E-state index contributed by atoms with van der Waals surface area (Å²) in [7, 11) is 0. The zero-order chi connectivity index (χ0) is 35.2. The first-order valence-corrected chi connectivity index (χ1v) is 17.4. The largest absolute Gasteiger partial charge is 0.462 e. The number of aryl methyl sites for hydroxylation is 2. The van der Waals surface area contributed by atoms with Gasteiger partial charge < -0.3 is 14.2 Å². The van der Waals surface area contributed by atoms with E-state index < -0.39 is 23.4 Å². The number of carbonyl (C=O) groups is 2. The fourth-order valence-electron chi connectivity index (χ4n) is 7.37. The predicted octanol–water partition coefficient (Wildman–Crippen LogP) is 8.12. The topological polar surface area (TPSA) is 82.2 Å². The van der Waals surface area contributed by atoms with Crippen LogP contribution >= 0.6 is 0 Å². The van der Waals surface area contributed by atoms with E-state index in [4.69, 9.17) is 4.74 Å². The van der Waals surface area contributed by atoms with Crippen LogP contribution in [0, 0.1) is 12.8 Å². The molecule has 50 heavy (non-hydrogen) atoms. The van der Waals surface area contributed by atoms with Crippen molar-refractivity contribution < 1.29 is 27.5 Å². The van der Waals surface area contributed by atoms with E-state index in [-0.39, 0.29) is 18.3 Å². The van der Waals surface area contributed by atoms with E-state index in [1.807, 2.05) is 25.1 Å². The molecular weight excluding hydrogens is 643 g/mol. The molecule has 0 atom stereocenters. The van der Waals surface area contributed by atoms with Crippen molar-refractivity contribution in [3.63, 3.8) is 0 Å². The summed E-state index contributed by atoms with van der Waals surface area (Å²) in [5.41, 5.74) is 5.19. The SMILES string of the molecule is CCOC(=O)c1cnn(-c2cccc(-c3cccc4c(C)cn(Cc5ccc(C6CCN(C(=O)C7CC7)CC6)c(CC)c5)c34)n2)c1C(F)(F)F. The summed E-state index contributed by atoms with van der Waals surface area (Å²) in [5, 5.41) is 4.94. The molecule has 1 aliphatic heterocycles. The van der Waals surface area contributed by atoms with Crippen molar-refractivity contribution in [1.29, 1.82) is 0 Å². The van der Waals surface area contributed by atoms with E-state index in [0.717, 1.165) is 79.0 Å². The fraction of sp³-hybridized carbons (Fsp3) is 0.385. The number of esters is 1. The molecule has 0 radical (unpaired) electrons. The smallest absolute Gasteiger partial charge is 0.434 e. The van der Waals surface area contributed by atoms with Crippen LogP contribution in [0.15, 0.2) is 67.0 Å². The van der Waals surface area contributed by atoms with Crippen LogP contribution in [-0.2, 0) is 28.7 Å². The van der Waals surface area contributed by atoms with Crippen LogP contribution < -0.4 is 0 Å². The molecule has 0 bridgehead atoms. The number of amides is 1. The number of alkyl halides is 3. The van der Waals surface area contributed by atoms with Gasteiger partial charge in [0.15, 0.2) is 11.5 Å². The Bertz CT molecular complexity index is 2070. The first kappa shape index (κ1) is 33.6. The van der Waals surface area contributed by atoms with E-state index in [2.05, 4.69) is 50.9 Å². The van der Waals surface area contributed by atoms with Gasteiger partial charge in [-0.3, -0.25) is 4.79 Å². The molecule has 1 saturated carbocycles. The van der Waals surface area contributed by atoms with Crippen LogP contribution in [0.3, 0.4) is 0 Å². The third-order valence-electron chi connectivity index (χ3n) is 9.97. The van der Waals surface area contributed by atoms with Gasteiger partial charge in [0.1, 0.15) is 5.56 Å².